The summed E-state index contributed by atoms with van der Waals surface area (Å²) in [6.45, 7) is 2.12. The van der Waals surface area contributed by atoms with Gasteiger partial charge in [0.15, 0.2) is 0 Å². The quantitative estimate of drug-likeness (QED) is 0.525. The van der Waals surface area contributed by atoms with Crippen molar-refractivity contribution in [2.75, 3.05) is 0 Å². The molecule has 0 aromatic heterocycles. The van der Waals surface area contributed by atoms with Gasteiger partial charge in [-0.05, 0) is 13.8 Å². The first-order valence-electron chi connectivity index (χ1n) is 5.23. The van der Waals surface area contributed by atoms with Gasteiger partial charge in [-0.15, -0.1) is 0 Å². The molecule has 0 rings (SSSR count). The second-order valence-corrected chi connectivity index (χ2v) is 4.19. The fourth-order valence-corrected chi connectivity index (χ4v) is 1.46. The van der Waals surface area contributed by atoms with E-state index >= 15 is 0 Å². The molecular formula is C10H14F3NO4. The maximum Gasteiger partial charge on any atom is 0.460 e. The Kier molecular flexibility index (Phi) is 5.44. The van der Waals surface area contributed by atoms with Crippen molar-refractivity contribution in [1.29, 1.82) is 0 Å². The van der Waals surface area contributed by atoms with Gasteiger partial charge in [0.25, 0.3) is 0 Å². The van der Waals surface area contributed by atoms with Gasteiger partial charge in [0.2, 0.25) is 0 Å². The Hall–Kier alpha value is -1.47. The Morgan fingerprint density at radius 2 is 1.39 bits per heavy atom. The van der Waals surface area contributed by atoms with Gasteiger partial charge < -0.3 is 9.59 Å². The summed E-state index contributed by atoms with van der Waals surface area (Å²) in [5.41, 5.74) is -3.22. The minimum absolute atomic E-state index is 0.543. The van der Waals surface area contributed by atoms with Gasteiger partial charge in [-0.2, -0.15) is 13.2 Å². The maximum absolute atomic E-state index is 12.9. The third kappa shape index (κ3) is 4.08. The smallest absolute Gasteiger partial charge is 0.300 e. The molecule has 0 radical (unpaired) electrons. The normalized spacial score (nSPS) is 12.3. The van der Waals surface area contributed by atoms with Gasteiger partial charge in [-0.25, -0.2) is 0 Å². The molecule has 0 N–H and O–H groups in total. The number of carbonyl (C=O) groups is 2. The molecule has 5 nitrogen and oxygen atoms in total. The predicted octanol–water partition coefficient (Wildman–Crippen LogP) is 2.30. The van der Waals surface area contributed by atoms with Crippen molar-refractivity contribution in [2.45, 2.75) is 51.2 Å². The molecular weight excluding hydrogens is 255 g/mol. The van der Waals surface area contributed by atoms with E-state index < -0.39 is 53.9 Å². The van der Waals surface area contributed by atoms with Gasteiger partial charge in [0, 0.05) is 30.6 Å². The molecule has 104 valence electrons. The van der Waals surface area contributed by atoms with Crippen LogP contribution >= 0.6 is 0 Å². The number of alkyl halides is 3. The summed E-state index contributed by atoms with van der Waals surface area (Å²) in [5, 5.41) is 10.8. The lowest BCUT2D eigenvalue weighted by molar-refractivity contribution is -0.615. The molecule has 0 amide bonds. The molecule has 0 saturated heterocycles. The van der Waals surface area contributed by atoms with Crippen LogP contribution in [0.5, 0.6) is 0 Å². The van der Waals surface area contributed by atoms with E-state index in [1.54, 1.807) is 0 Å². The van der Waals surface area contributed by atoms with Crippen LogP contribution in [0, 0.1) is 10.1 Å². The highest BCUT2D eigenvalue weighted by molar-refractivity contribution is 5.76. The van der Waals surface area contributed by atoms with Crippen molar-refractivity contribution < 1.29 is 27.7 Å². The number of carbonyl (C=O) groups excluding carboxylic acids is 2. The Morgan fingerprint density at radius 3 is 1.56 bits per heavy atom. The van der Waals surface area contributed by atoms with E-state index in [0.717, 1.165) is 13.8 Å². The van der Waals surface area contributed by atoms with E-state index in [-0.39, 0.29) is 0 Å². The molecule has 0 atom stereocenters. The summed E-state index contributed by atoms with van der Waals surface area (Å²) >= 11 is 0. The zero-order chi connectivity index (χ0) is 14.6. The van der Waals surface area contributed by atoms with Gasteiger partial charge in [0.05, 0.1) is 0 Å². The number of hydrogen-bond donors (Lipinski definition) is 0. The van der Waals surface area contributed by atoms with Gasteiger partial charge in [-0.1, -0.05) is 0 Å². The Labute approximate surface area is 101 Å². The molecule has 0 fully saturated rings. The first-order valence-corrected chi connectivity index (χ1v) is 5.23. The molecule has 0 bridgehead atoms. The van der Waals surface area contributed by atoms with Gasteiger partial charge >= 0.3 is 11.7 Å². The molecule has 0 aliphatic heterocycles. The number of nitrogens with zero attached hydrogens (tertiary/aromatic N) is 1. The summed E-state index contributed by atoms with van der Waals surface area (Å²) in [6.07, 6.45) is -8.06. The predicted molar refractivity (Wildman–Crippen MR) is 55.6 cm³/mol. The van der Waals surface area contributed by atoms with Crippen molar-refractivity contribution in [3.8, 4) is 0 Å². The summed E-state index contributed by atoms with van der Waals surface area (Å²) < 4.78 is 38.6. The van der Waals surface area contributed by atoms with Crippen molar-refractivity contribution in [3.05, 3.63) is 10.1 Å². The molecule has 0 aromatic carbocycles. The minimum Gasteiger partial charge on any atom is -0.300 e. The van der Waals surface area contributed by atoms with E-state index in [9.17, 15) is 32.9 Å². The zero-order valence-electron chi connectivity index (χ0n) is 10.0. The number of rotatable bonds is 7. The molecule has 18 heavy (non-hydrogen) atoms. The van der Waals surface area contributed by atoms with Crippen molar-refractivity contribution in [1.82, 2.24) is 0 Å². The first kappa shape index (κ1) is 16.5. The van der Waals surface area contributed by atoms with Crippen LogP contribution in [0.3, 0.4) is 0 Å². The zero-order valence-corrected chi connectivity index (χ0v) is 10.0. The lowest BCUT2D eigenvalue weighted by atomic mass is 9.86. The van der Waals surface area contributed by atoms with Crippen LogP contribution in [0.25, 0.3) is 0 Å². The summed E-state index contributed by atoms with van der Waals surface area (Å²) in [7, 11) is 0. The fourth-order valence-electron chi connectivity index (χ4n) is 1.46. The molecule has 0 aromatic rings. The van der Waals surface area contributed by atoms with Crippen LogP contribution < -0.4 is 0 Å². The molecule has 0 heterocycles. The molecule has 0 spiro atoms. The van der Waals surface area contributed by atoms with Crippen molar-refractivity contribution in [2.24, 2.45) is 0 Å². The molecule has 0 saturated carbocycles. The average molecular weight is 269 g/mol. The lowest BCUT2D eigenvalue weighted by Gasteiger charge is -2.27. The van der Waals surface area contributed by atoms with Crippen LogP contribution in [-0.4, -0.2) is 28.2 Å². The van der Waals surface area contributed by atoms with Crippen LogP contribution in [0.1, 0.15) is 39.5 Å². The van der Waals surface area contributed by atoms with Crippen molar-refractivity contribution >= 4 is 11.6 Å². The highest BCUT2D eigenvalue weighted by Gasteiger charge is 2.64. The van der Waals surface area contributed by atoms with E-state index in [2.05, 4.69) is 0 Å². The third-order valence-electron chi connectivity index (χ3n) is 2.66. The third-order valence-corrected chi connectivity index (χ3v) is 2.66. The monoisotopic (exact) mass is 269 g/mol. The second kappa shape index (κ2) is 5.92. The topological polar surface area (TPSA) is 77.3 Å². The number of ketones is 2. The number of Topliss-reactive ketones (excluding diaryl/α,β-unsaturated/α-hetero) is 2. The van der Waals surface area contributed by atoms with E-state index in [1.807, 2.05) is 0 Å². The van der Waals surface area contributed by atoms with Gasteiger partial charge in [0.1, 0.15) is 11.6 Å². The molecule has 8 heteroatoms. The van der Waals surface area contributed by atoms with E-state index in [1.165, 1.54) is 0 Å². The summed E-state index contributed by atoms with van der Waals surface area (Å²) in [4.78, 5) is 30.8. The fraction of sp³-hybridized carbons (Fsp3) is 0.800. The number of halogens is 3. The van der Waals surface area contributed by atoms with Crippen molar-refractivity contribution in [3.63, 3.8) is 0 Å². The Balaban J connectivity index is 5.23. The van der Waals surface area contributed by atoms with Gasteiger partial charge in [-0.3, -0.25) is 10.1 Å². The molecule has 0 aliphatic rings. The second-order valence-electron chi connectivity index (χ2n) is 4.19. The standard InChI is InChI=1S/C10H14F3NO4/c1-7(15)3-5-9(14(17)18,10(11,12)13)6-4-8(2)16/h3-6H2,1-2H3. The van der Waals surface area contributed by atoms with E-state index in [0.29, 0.717) is 0 Å². The van der Waals surface area contributed by atoms with Crippen LogP contribution in [0.2, 0.25) is 0 Å². The Morgan fingerprint density at radius 1 is 1.06 bits per heavy atom. The van der Waals surface area contributed by atoms with Crippen LogP contribution in [-0.2, 0) is 9.59 Å². The SMILES string of the molecule is CC(=O)CCC(CCC(C)=O)([N+](=O)[O-])C(F)(F)F. The lowest BCUT2D eigenvalue weighted by Crippen LogP contribution is -2.52. The van der Waals surface area contributed by atoms with Crippen LogP contribution in [0.15, 0.2) is 0 Å². The number of hydrogen-bond acceptors (Lipinski definition) is 4. The largest absolute Gasteiger partial charge is 0.460 e. The van der Waals surface area contributed by atoms with E-state index in [4.69, 9.17) is 0 Å². The van der Waals surface area contributed by atoms with Crippen LogP contribution in [0.4, 0.5) is 13.2 Å². The minimum atomic E-state index is -5.10. The highest BCUT2D eigenvalue weighted by atomic mass is 19.4. The number of nitro groups is 1. The maximum atomic E-state index is 12.9. The first-order chi connectivity index (χ1) is 8.03. The molecule has 0 aliphatic carbocycles. The summed E-state index contributed by atoms with van der Waals surface area (Å²) in [6, 6.07) is 0. The average Bonchev–Trinajstić information content (AvgIpc) is 2.14. The molecule has 0 unspecified atom stereocenters. The Bertz CT molecular complexity index is 334. The summed E-state index contributed by atoms with van der Waals surface area (Å²) in [5.74, 6) is -1.12. The highest BCUT2D eigenvalue weighted by Crippen LogP contribution is 2.40.